The van der Waals surface area contributed by atoms with Gasteiger partial charge in [-0.1, -0.05) is 11.6 Å². The van der Waals surface area contributed by atoms with E-state index in [0.29, 0.717) is 9.21 Å². The number of rotatable bonds is 2. The van der Waals surface area contributed by atoms with E-state index in [2.05, 4.69) is 4.74 Å². The summed E-state index contributed by atoms with van der Waals surface area (Å²) in [5.74, 6) is -1.04. The highest BCUT2D eigenvalue weighted by atomic mass is 35.5. The van der Waals surface area contributed by atoms with Crippen LogP contribution in [-0.4, -0.2) is 18.9 Å². The Morgan fingerprint density at radius 3 is 2.76 bits per heavy atom. The SMILES string of the molecule is COC(=O)C1=CC(=O)C(C)(c2ccc(Cl)s2)O1. The zero-order valence-electron chi connectivity index (χ0n) is 9.15. The third-order valence-corrected chi connectivity index (χ3v) is 3.91. The molecule has 1 atom stereocenters. The van der Waals surface area contributed by atoms with E-state index in [0.717, 1.165) is 6.08 Å². The van der Waals surface area contributed by atoms with Crippen LogP contribution in [0, 0.1) is 0 Å². The first kappa shape index (κ1) is 12.1. The summed E-state index contributed by atoms with van der Waals surface area (Å²) >= 11 is 7.06. The Labute approximate surface area is 107 Å². The fraction of sp³-hybridized carbons (Fsp3) is 0.273. The minimum absolute atomic E-state index is 0.0791. The van der Waals surface area contributed by atoms with E-state index in [1.54, 1.807) is 19.1 Å². The van der Waals surface area contributed by atoms with Crippen LogP contribution in [0.4, 0.5) is 0 Å². The molecule has 0 aromatic carbocycles. The van der Waals surface area contributed by atoms with Crippen LogP contribution >= 0.6 is 22.9 Å². The maximum absolute atomic E-state index is 11.9. The number of carbonyl (C=O) groups excluding carboxylic acids is 2. The molecule has 0 bridgehead atoms. The van der Waals surface area contributed by atoms with Crippen molar-refractivity contribution in [2.45, 2.75) is 12.5 Å². The topological polar surface area (TPSA) is 52.6 Å². The van der Waals surface area contributed by atoms with Gasteiger partial charge in [-0.25, -0.2) is 4.79 Å². The molecule has 0 amide bonds. The van der Waals surface area contributed by atoms with Gasteiger partial charge >= 0.3 is 5.97 Å². The van der Waals surface area contributed by atoms with Crippen LogP contribution < -0.4 is 0 Å². The molecule has 1 aliphatic rings. The number of esters is 1. The third-order valence-electron chi connectivity index (χ3n) is 2.48. The van der Waals surface area contributed by atoms with Gasteiger partial charge in [0.25, 0.3) is 0 Å². The Balaban J connectivity index is 2.32. The largest absolute Gasteiger partial charge is 0.466 e. The number of hydrogen-bond acceptors (Lipinski definition) is 5. The van der Waals surface area contributed by atoms with E-state index in [1.165, 1.54) is 18.4 Å². The highest BCUT2D eigenvalue weighted by molar-refractivity contribution is 7.16. The summed E-state index contributed by atoms with van der Waals surface area (Å²) in [5.41, 5.74) is -1.18. The molecule has 0 fully saturated rings. The van der Waals surface area contributed by atoms with E-state index in [4.69, 9.17) is 16.3 Å². The minimum Gasteiger partial charge on any atom is -0.466 e. The van der Waals surface area contributed by atoms with Crippen LogP contribution in [0.25, 0.3) is 0 Å². The van der Waals surface area contributed by atoms with Crippen LogP contribution in [0.3, 0.4) is 0 Å². The summed E-state index contributed by atoms with van der Waals surface area (Å²) in [4.78, 5) is 23.8. The normalized spacial score (nSPS) is 23.2. The molecule has 4 nitrogen and oxygen atoms in total. The zero-order chi connectivity index (χ0) is 12.6. The lowest BCUT2D eigenvalue weighted by molar-refractivity contribution is -0.144. The molecule has 0 N–H and O–H groups in total. The van der Waals surface area contributed by atoms with E-state index < -0.39 is 11.6 Å². The number of thiophene rings is 1. The van der Waals surface area contributed by atoms with Crippen molar-refractivity contribution in [3.05, 3.63) is 33.2 Å². The van der Waals surface area contributed by atoms with E-state index in [-0.39, 0.29) is 11.5 Å². The van der Waals surface area contributed by atoms with Gasteiger partial charge in [-0.3, -0.25) is 4.79 Å². The predicted octanol–water partition coefficient (Wildman–Crippen LogP) is 2.27. The predicted molar refractivity (Wildman–Crippen MR) is 62.9 cm³/mol. The lowest BCUT2D eigenvalue weighted by atomic mass is 10.0. The van der Waals surface area contributed by atoms with Gasteiger partial charge in [0.1, 0.15) is 0 Å². The number of methoxy groups -OCH3 is 1. The van der Waals surface area contributed by atoms with Crippen molar-refractivity contribution in [1.29, 1.82) is 0 Å². The van der Waals surface area contributed by atoms with Gasteiger partial charge in [0.05, 0.1) is 16.3 Å². The van der Waals surface area contributed by atoms with E-state index in [9.17, 15) is 9.59 Å². The maximum atomic E-state index is 11.9. The summed E-state index contributed by atoms with van der Waals surface area (Å²) in [5, 5.41) is 0. The van der Waals surface area contributed by atoms with Gasteiger partial charge in [-0.05, 0) is 19.1 Å². The number of ether oxygens (including phenoxy) is 2. The van der Waals surface area contributed by atoms with Crippen LogP contribution in [0.5, 0.6) is 0 Å². The zero-order valence-corrected chi connectivity index (χ0v) is 10.7. The standard InChI is InChI=1S/C11H9ClO4S/c1-11(8-3-4-9(12)17-8)7(13)5-6(16-11)10(14)15-2/h3-5H,1-2H3. The van der Waals surface area contributed by atoms with Gasteiger partial charge in [0, 0.05) is 6.08 Å². The Bertz CT molecular complexity index is 519. The molecule has 2 heterocycles. The first-order chi connectivity index (χ1) is 7.97. The second kappa shape index (κ2) is 4.16. The molecule has 0 saturated carbocycles. The Kier molecular flexibility index (Phi) is 2.97. The van der Waals surface area contributed by atoms with Gasteiger partial charge < -0.3 is 9.47 Å². The molecule has 0 aliphatic carbocycles. The molecule has 0 saturated heterocycles. The molecule has 1 aromatic heterocycles. The molecule has 6 heteroatoms. The van der Waals surface area contributed by atoms with Crippen molar-refractivity contribution in [3.8, 4) is 0 Å². The van der Waals surface area contributed by atoms with Crippen LogP contribution in [-0.2, 0) is 24.7 Å². The Morgan fingerprint density at radius 2 is 2.24 bits per heavy atom. The van der Waals surface area contributed by atoms with Crippen molar-refractivity contribution in [2.75, 3.05) is 7.11 Å². The first-order valence-corrected chi connectivity index (χ1v) is 5.96. The molecule has 2 rings (SSSR count). The highest BCUT2D eigenvalue weighted by Gasteiger charge is 2.45. The van der Waals surface area contributed by atoms with Gasteiger partial charge in [0.15, 0.2) is 0 Å². The number of hydrogen-bond donors (Lipinski definition) is 0. The highest BCUT2D eigenvalue weighted by Crippen LogP contribution is 2.39. The Hall–Kier alpha value is -1.33. The molecule has 1 unspecified atom stereocenters. The van der Waals surface area contributed by atoms with Crippen molar-refractivity contribution in [2.24, 2.45) is 0 Å². The monoisotopic (exact) mass is 272 g/mol. The van der Waals surface area contributed by atoms with Crippen LogP contribution in [0.1, 0.15) is 11.8 Å². The summed E-state index contributed by atoms with van der Waals surface area (Å²) in [6, 6.07) is 3.39. The summed E-state index contributed by atoms with van der Waals surface area (Å²) < 4.78 is 10.5. The number of halogens is 1. The number of ketones is 1. The first-order valence-electron chi connectivity index (χ1n) is 4.76. The van der Waals surface area contributed by atoms with Crippen molar-refractivity contribution in [3.63, 3.8) is 0 Å². The Morgan fingerprint density at radius 1 is 1.53 bits per heavy atom. The van der Waals surface area contributed by atoms with Crippen molar-refractivity contribution in [1.82, 2.24) is 0 Å². The minimum atomic E-state index is -1.18. The molecular formula is C11H9ClO4S. The molecule has 0 radical (unpaired) electrons. The molecule has 90 valence electrons. The van der Waals surface area contributed by atoms with Gasteiger partial charge in [-0.15, -0.1) is 11.3 Å². The lowest BCUT2D eigenvalue weighted by Gasteiger charge is -2.21. The van der Waals surface area contributed by atoms with Crippen molar-refractivity contribution < 1.29 is 19.1 Å². The quantitative estimate of drug-likeness (QED) is 0.775. The van der Waals surface area contributed by atoms with Crippen molar-refractivity contribution >= 4 is 34.7 Å². The second-order valence-electron chi connectivity index (χ2n) is 3.60. The molecule has 0 spiro atoms. The molecule has 17 heavy (non-hydrogen) atoms. The summed E-state index contributed by atoms with van der Waals surface area (Å²) in [7, 11) is 1.23. The van der Waals surface area contributed by atoms with E-state index in [1.807, 2.05) is 0 Å². The van der Waals surface area contributed by atoms with E-state index >= 15 is 0 Å². The lowest BCUT2D eigenvalue weighted by Crippen LogP contribution is -2.29. The average Bonchev–Trinajstić information content (AvgIpc) is 2.84. The average molecular weight is 273 g/mol. The fourth-order valence-electron chi connectivity index (χ4n) is 1.50. The van der Waals surface area contributed by atoms with Crippen LogP contribution in [0.15, 0.2) is 24.0 Å². The van der Waals surface area contributed by atoms with Gasteiger partial charge in [-0.2, -0.15) is 0 Å². The summed E-state index contributed by atoms with van der Waals surface area (Å²) in [6.45, 7) is 1.60. The fourth-order valence-corrected chi connectivity index (χ4v) is 2.63. The third kappa shape index (κ3) is 1.96. The molecular weight excluding hydrogens is 264 g/mol. The van der Waals surface area contributed by atoms with Gasteiger partial charge in [0.2, 0.25) is 17.1 Å². The number of carbonyl (C=O) groups is 2. The van der Waals surface area contributed by atoms with Crippen LogP contribution in [0.2, 0.25) is 4.34 Å². The maximum Gasteiger partial charge on any atom is 0.373 e. The smallest absolute Gasteiger partial charge is 0.373 e. The second-order valence-corrected chi connectivity index (χ2v) is 5.32. The molecule has 1 aromatic rings. The molecule has 1 aliphatic heterocycles. The summed E-state index contributed by atoms with van der Waals surface area (Å²) in [6.07, 6.45) is 1.15.